The van der Waals surface area contributed by atoms with Gasteiger partial charge in [-0.15, -0.1) is 10.2 Å². The highest BCUT2D eigenvalue weighted by Crippen LogP contribution is 2.23. The molecule has 0 unspecified atom stereocenters. The third kappa shape index (κ3) is 2.44. The van der Waals surface area contributed by atoms with Gasteiger partial charge in [-0.25, -0.2) is 9.55 Å². The van der Waals surface area contributed by atoms with Gasteiger partial charge in [0.25, 0.3) is 5.56 Å². The van der Waals surface area contributed by atoms with Crippen molar-refractivity contribution in [2.75, 3.05) is 31.2 Å². The maximum atomic E-state index is 12.1. The van der Waals surface area contributed by atoms with Crippen LogP contribution in [0.15, 0.2) is 10.9 Å². The summed E-state index contributed by atoms with van der Waals surface area (Å²) in [6.45, 7) is 6.59. The molecule has 0 saturated carbocycles. The number of morpholine rings is 1. The lowest BCUT2D eigenvalue weighted by molar-refractivity contribution is 0.122. The van der Waals surface area contributed by atoms with Crippen LogP contribution in [0.2, 0.25) is 0 Å². The van der Waals surface area contributed by atoms with Gasteiger partial charge in [-0.2, -0.15) is 0 Å². The van der Waals surface area contributed by atoms with E-state index in [-0.39, 0.29) is 5.56 Å². The lowest BCUT2D eigenvalue weighted by Crippen LogP contribution is -2.36. The van der Waals surface area contributed by atoms with Crippen molar-refractivity contribution >= 4 is 16.5 Å². The van der Waals surface area contributed by atoms with Crippen molar-refractivity contribution in [1.29, 1.82) is 0 Å². The number of rotatable bonds is 2. The van der Waals surface area contributed by atoms with E-state index in [0.717, 1.165) is 18.2 Å². The predicted molar refractivity (Wildman–Crippen MR) is 75.8 cm³/mol. The summed E-state index contributed by atoms with van der Waals surface area (Å²) in [7, 11) is 0. The van der Waals surface area contributed by atoms with E-state index in [0.29, 0.717) is 29.9 Å². The molecule has 0 spiro atoms. The Morgan fingerprint density at radius 3 is 2.60 bits per heavy atom. The molecule has 0 radical (unpaired) electrons. The normalized spacial score (nSPS) is 15.6. The minimum absolute atomic E-state index is 0.125. The highest BCUT2D eigenvalue weighted by molar-refractivity contribution is 7.17. The van der Waals surface area contributed by atoms with E-state index in [1.54, 1.807) is 13.8 Å². The van der Waals surface area contributed by atoms with Gasteiger partial charge >= 0.3 is 0 Å². The molecule has 0 bridgehead atoms. The van der Waals surface area contributed by atoms with E-state index in [1.807, 2.05) is 0 Å². The molecular weight excluding hydrogens is 278 g/mol. The fraction of sp³-hybridized carbons (Fsp3) is 0.500. The Labute approximate surface area is 119 Å². The standard InChI is InChI=1S/C12H15N5O2S/c1-8-7-10(18)17(9(2)13-8)12-15-14-11(20-12)16-3-5-19-6-4-16/h7H,3-6H2,1-2H3. The highest BCUT2D eigenvalue weighted by atomic mass is 32.1. The van der Waals surface area contributed by atoms with Gasteiger partial charge < -0.3 is 9.64 Å². The number of hydrogen-bond donors (Lipinski definition) is 0. The maximum absolute atomic E-state index is 12.1. The molecule has 1 saturated heterocycles. The zero-order valence-electron chi connectivity index (χ0n) is 11.4. The number of aromatic nitrogens is 4. The van der Waals surface area contributed by atoms with Crippen molar-refractivity contribution in [2.45, 2.75) is 13.8 Å². The van der Waals surface area contributed by atoms with E-state index < -0.39 is 0 Å². The summed E-state index contributed by atoms with van der Waals surface area (Å²) < 4.78 is 6.81. The molecule has 20 heavy (non-hydrogen) atoms. The van der Waals surface area contributed by atoms with Crippen molar-refractivity contribution in [3.63, 3.8) is 0 Å². The summed E-state index contributed by atoms with van der Waals surface area (Å²) in [6.07, 6.45) is 0. The zero-order chi connectivity index (χ0) is 14.1. The van der Waals surface area contributed by atoms with Crippen LogP contribution in [0.5, 0.6) is 0 Å². The molecule has 1 fully saturated rings. The van der Waals surface area contributed by atoms with Crippen molar-refractivity contribution < 1.29 is 4.74 Å². The molecule has 7 nitrogen and oxygen atoms in total. The van der Waals surface area contributed by atoms with Gasteiger partial charge in [0.2, 0.25) is 10.3 Å². The second-order valence-electron chi connectivity index (χ2n) is 4.59. The molecule has 1 aliphatic heterocycles. The summed E-state index contributed by atoms with van der Waals surface area (Å²) >= 11 is 1.40. The summed E-state index contributed by atoms with van der Waals surface area (Å²) in [5, 5.41) is 9.67. The smallest absolute Gasteiger partial charge is 0.260 e. The first-order valence-electron chi connectivity index (χ1n) is 6.39. The molecule has 0 N–H and O–H groups in total. The Hall–Kier alpha value is -1.80. The van der Waals surface area contributed by atoms with Gasteiger partial charge in [0.1, 0.15) is 5.82 Å². The van der Waals surface area contributed by atoms with Crippen LogP contribution in [0.3, 0.4) is 0 Å². The molecule has 8 heteroatoms. The van der Waals surface area contributed by atoms with Crippen molar-refractivity contribution in [3.8, 4) is 5.13 Å². The number of anilines is 1. The molecule has 2 aromatic heterocycles. The van der Waals surface area contributed by atoms with E-state index in [9.17, 15) is 4.79 Å². The Bertz CT molecular complexity index is 675. The Balaban J connectivity index is 1.96. The molecule has 2 aromatic rings. The van der Waals surface area contributed by atoms with E-state index >= 15 is 0 Å². The van der Waals surface area contributed by atoms with Crippen molar-refractivity contribution in [3.05, 3.63) is 27.9 Å². The Kier molecular flexibility index (Phi) is 3.49. The average molecular weight is 293 g/mol. The number of nitrogens with zero attached hydrogens (tertiary/aromatic N) is 5. The van der Waals surface area contributed by atoms with E-state index in [4.69, 9.17) is 4.74 Å². The largest absolute Gasteiger partial charge is 0.378 e. The van der Waals surface area contributed by atoms with Gasteiger partial charge in [-0.3, -0.25) is 4.79 Å². The quantitative estimate of drug-likeness (QED) is 0.804. The van der Waals surface area contributed by atoms with E-state index in [2.05, 4.69) is 20.1 Å². The summed E-state index contributed by atoms with van der Waals surface area (Å²) in [5.41, 5.74) is 0.585. The summed E-state index contributed by atoms with van der Waals surface area (Å²) in [5.74, 6) is 0.625. The zero-order valence-corrected chi connectivity index (χ0v) is 12.2. The molecule has 1 aliphatic rings. The first-order chi connectivity index (χ1) is 9.65. The van der Waals surface area contributed by atoms with E-state index in [1.165, 1.54) is 22.0 Å². The molecule has 0 amide bonds. The van der Waals surface area contributed by atoms with Crippen molar-refractivity contribution in [1.82, 2.24) is 19.7 Å². The van der Waals surface area contributed by atoms with Crippen LogP contribution in [0.25, 0.3) is 5.13 Å². The molecule has 3 heterocycles. The van der Waals surface area contributed by atoms with Gasteiger partial charge in [-0.1, -0.05) is 11.3 Å². The van der Waals surface area contributed by atoms with Gasteiger partial charge in [-0.05, 0) is 13.8 Å². The molecule has 0 aliphatic carbocycles. The number of hydrogen-bond acceptors (Lipinski definition) is 7. The molecule has 3 rings (SSSR count). The third-order valence-electron chi connectivity index (χ3n) is 3.09. The molecular formula is C12H15N5O2S. The van der Waals surface area contributed by atoms with Crippen LogP contribution in [-0.2, 0) is 4.74 Å². The average Bonchev–Trinajstić information content (AvgIpc) is 2.88. The highest BCUT2D eigenvalue weighted by Gasteiger charge is 2.17. The second-order valence-corrected chi connectivity index (χ2v) is 5.52. The van der Waals surface area contributed by atoms with Crippen LogP contribution in [0.1, 0.15) is 11.5 Å². The lowest BCUT2D eigenvalue weighted by atomic mass is 10.4. The first-order valence-corrected chi connectivity index (χ1v) is 7.20. The van der Waals surface area contributed by atoms with Crippen LogP contribution >= 0.6 is 11.3 Å². The van der Waals surface area contributed by atoms with Gasteiger partial charge in [0, 0.05) is 24.8 Å². The van der Waals surface area contributed by atoms with Crippen LogP contribution < -0.4 is 10.5 Å². The molecule has 106 valence electrons. The number of ether oxygens (including phenoxy) is 1. The summed E-state index contributed by atoms with van der Waals surface area (Å²) in [4.78, 5) is 18.5. The lowest BCUT2D eigenvalue weighted by Gasteiger charge is -2.25. The topological polar surface area (TPSA) is 73.1 Å². The Morgan fingerprint density at radius 2 is 1.90 bits per heavy atom. The first kappa shape index (κ1) is 13.2. The van der Waals surface area contributed by atoms with Gasteiger partial charge in [0.15, 0.2) is 0 Å². The second kappa shape index (κ2) is 5.29. The number of aryl methyl sites for hydroxylation is 2. The van der Waals surface area contributed by atoms with Crippen LogP contribution in [0.4, 0.5) is 5.13 Å². The minimum Gasteiger partial charge on any atom is -0.378 e. The van der Waals surface area contributed by atoms with Crippen LogP contribution in [-0.4, -0.2) is 46.1 Å². The minimum atomic E-state index is -0.125. The van der Waals surface area contributed by atoms with Gasteiger partial charge in [0.05, 0.1) is 13.2 Å². The third-order valence-corrected chi connectivity index (χ3v) is 4.06. The monoisotopic (exact) mass is 293 g/mol. The van der Waals surface area contributed by atoms with Crippen LogP contribution in [0, 0.1) is 13.8 Å². The molecule has 0 aromatic carbocycles. The Morgan fingerprint density at radius 1 is 1.20 bits per heavy atom. The fourth-order valence-electron chi connectivity index (χ4n) is 2.15. The van der Waals surface area contributed by atoms with Crippen molar-refractivity contribution in [2.24, 2.45) is 0 Å². The predicted octanol–water partition coefficient (Wildman–Crippen LogP) is 0.537. The molecule has 0 atom stereocenters. The SMILES string of the molecule is Cc1cc(=O)n(-c2nnc(N3CCOCC3)s2)c(C)n1. The fourth-order valence-corrected chi connectivity index (χ4v) is 3.11. The maximum Gasteiger partial charge on any atom is 0.260 e. The summed E-state index contributed by atoms with van der Waals surface area (Å²) in [6, 6.07) is 1.50.